The van der Waals surface area contributed by atoms with Gasteiger partial charge in [0.25, 0.3) is 0 Å². The summed E-state index contributed by atoms with van der Waals surface area (Å²) in [6.07, 6.45) is -0.0551. The molecule has 0 spiro atoms. The first kappa shape index (κ1) is 18.7. The molecule has 0 radical (unpaired) electrons. The van der Waals surface area contributed by atoms with Gasteiger partial charge in [0.2, 0.25) is 0 Å². The second-order valence-corrected chi connectivity index (χ2v) is 4.74. The standard InChI is InChI=1S/C17H22O6/c1-3-21-16(19)14(17(20)22-4-2)10-11-15(18)23-12-13-8-6-5-7-9-13/h5-9,14H,3-4,10-12H2,1-2H3. The third-order valence-corrected chi connectivity index (χ3v) is 3.02. The van der Waals surface area contributed by atoms with Gasteiger partial charge in [-0.25, -0.2) is 0 Å². The van der Waals surface area contributed by atoms with Gasteiger partial charge in [0.1, 0.15) is 6.61 Å². The largest absolute Gasteiger partial charge is 0.465 e. The maximum atomic E-state index is 11.8. The minimum absolute atomic E-state index is 0.00525. The summed E-state index contributed by atoms with van der Waals surface area (Å²) >= 11 is 0. The van der Waals surface area contributed by atoms with Crippen molar-refractivity contribution in [3.8, 4) is 0 Å². The van der Waals surface area contributed by atoms with E-state index in [1.165, 1.54) is 0 Å². The molecule has 0 aliphatic heterocycles. The predicted molar refractivity (Wildman–Crippen MR) is 82.2 cm³/mol. The quantitative estimate of drug-likeness (QED) is 0.394. The molecule has 0 aliphatic rings. The van der Waals surface area contributed by atoms with Crippen LogP contribution in [0.3, 0.4) is 0 Å². The normalized spacial score (nSPS) is 10.2. The molecule has 0 aromatic heterocycles. The highest BCUT2D eigenvalue weighted by molar-refractivity contribution is 5.95. The molecule has 0 N–H and O–H groups in total. The van der Waals surface area contributed by atoms with E-state index in [4.69, 9.17) is 14.2 Å². The molecule has 0 heterocycles. The molecule has 0 fully saturated rings. The van der Waals surface area contributed by atoms with Crippen LogP contribution in [0.4, 0.5) is 0 Å². The van der Waals surface area contributed by atoms with Crippen LogP contribution in [-0.2, 0) is 35.2 Å². The smallest absolute Gasteiger partial charge is 0.320 e. The fraction of sp³-hybridized carbons (Fsp3) is 0.471. The number of benzene rings is 1. The molecular formula is C17H22O6. The van der Waals surface area contributed by atoms with Gasteiger partial charge in [-0.15, -0.1) is 0 Å². The Balaban J connectivity index is 2.47. The Hall–Kier alpha value is -2.37. The van der Waals surface area contributed by atoms with Gasteiger partial charge < -0.3 is 14.2 Å². The van der Waals surface area contributed by atoms with Crippen molar-refractivity contribution >= 4 is 17.9 Å². The number of ether oxygens (including phenoxy) is 3. The van der Waals surface area contributed by atoms with Crippen LogP contribution in [0.15, 0.2) is 30.3 Å². The first-order valence-electron chi connectivity index (χ1n) is 7.61. The second kappa shape index (κ2) is 10.4. The molecule has 0 aliphatic carbocycles. The minimum atomic E-state index is -1.10. The third kappa shape index (κ3) is 6.95. The molecule has 0 bridgehead atoms. The van der Waals surface area contributed by atoms with Crippen molar-refractivity contribution in [2.45, 2.75) is 33.3 Å². The monoisotopic (exact) mass is 322 g/mol. The van der Waals surface area contributed by atoms with E-state index in [1.807, 2.05) is 30.3 Å². The Bertz CT molecular complexity index is 493. The van der Waals surface area contributed by atoms with Crippen molar-refractivity contribution in [3.05, 3.63) is 35.9 Å². The molecule has 6 heteroatoms. The summed E-state index contributed by atoms with van der Waals surface area (Å²) in [4.78, 5) is 35.3. The molecule has 1 aromatic rings. The first-order chi connectivity index (χ1) is 11.1. The van der Waals surface area contributed by atoms with Crippen LogP contribution in [0, 0.1) is 5.92 Å². The molecule has 23 heavy (non-hydrogen) atoms. The lowest BCUT2D eigenvalue weighted by atomic mass is 10.0. The fourth-order valence-electron chi connectivity index (χ4n) is 1.89. The Morgan fingerprint density at radius 2 is 1.48 bits per heavy atom. The van der Waals surface area contributed by atoms with E-state index in [1.54, 1.807) is 13.8 Å². The zero-order valence-electron chi connectivity index (χ0n) is 13.4. The average molecular weight is 322 g/mol. The maximum absolute atomic E-state index is 11.8. The summed E-state index contributed by atoms with van der Waals surface area (Å²) in [5.74, 6) is -2.93. The number of carbonyl (C=O) groups excluding carboxylic acids is 3. The Morgan fingerprint density at radius 1 is 0.913 bits per heavy atom. The van der Waals surface area contributed by atoms with Crippen LogP contribution in [-0.4, -0.2) is 31.1 Å². The van der Waals surface area contributed by atoms with Crippen molar-refractivity contribution in [2.24, 2.45) is 5.92 Å². The number of esters is 3. The van der Waals surface area contributed by atoms with Crippen molar-refractivity contribution in [1.29, 1.82) is 0 Å². The molecule has 0 saturated heterocycles. The van der Waals surface area contributed by atoms with Gasteiger partial charge >= 0.3 is 17.9 Å². The van der Waals surface area contributed by atoms with Crippen molar-refractivity contribution in [2.75, 3.05) is 13.2 Å². The first-order valence-corrected chi connectivity index (χ1v) is 7.61. The van der Waals surface area contributed by atoms with E-state index in [0.29, 0.717) is 0 Å². The topological polar surface area (TPSA) is 78.9 Å². The third-order valence-electron chi connectivity index (χ3n) is 3.02. The van der Waals surface area contributed by atoms with Crippen LogP contribution < -0.4 is 0 Å². The zero-order valence-corrected chi connectivity index (χ0v) is 13.4. The summed E-state index contributed by atoms with van der Waals surface area (Å²) in [7, 11) is 0. The second-order valence-electron chi connectivity index (χ2n) is 4.74. The van der Waals surface area contributed by atoms with Gasteiger partial charge in [0.15, 0.2) is 5.92 Å². The van der Waals surface area contributed by atoms with Gasteiger partial charge in [0, 0.05) is 6.42 Å². The highest BCUT2D eigenvalue weighted by atomic mass is 16.6. The Morgan fingerprint density at radius 3 is 2.00 bits per heavy atom. The van der Waals surface area contributed by atoms with Crippen LogP contribution in [0.2, 0.25) is 0 Å². The van der Waals surface area contributed by atoms with Crippen molar-refractivity contribution < 1.29 is 28.6 Å². The van der Waals surface area contributed by atoms with Crippen LogP contribution in [0.5, 0.6) is 0 Å². The molecule has 0 atom stereocenters. The zero-order chi connectivity index (χ0) is 17.1. The molecule has 0 saturated carbocycles. The molecule has 126 valence electrons. The molecular weight excluding hydrogens is 300 g/mol. The van der Waals surface area contributed by atoms with Gasteiger partial charge in [0.05, 0.1) is 13.2 Å². The number of carbonyl (C=O) groups is 3. The highest BCUT2D eigenvalue weighted by Crippen LogP contribution is 2.13. The average Bonchev–Trinajstić information content (AvgIpc) is 2.54. The summed E-state index contributed by atoms with van der Waals surface area (Å²) in [6, 6.07) is 9.25. The van der Waals surface area contributed by atoms with Crippen molar-refractivity contribution in [1.82, 2.24) is 0 Å². The van der Waals surface area contributed by atoms with E-state index >= 15 is 0 Å². The fourth-order valence-corrected chi connectivity index (χ4v) is 1.89. The molecule has 0 amide bonds. The maximum Gasteiger partial charge on any atom is 0.320 e. The molecule has 0 unspecified atom stereocenters. The summed E-state index contributed by atoms with van der Waals surface area (Å²) < 4.78 is 14.8. The Labute approximate surface area is 135 Å². The van der Waals surface area contributed by atoms with E-state index in [-0.39, 0.29) is 32.7 Å². The van der Waals surface area contributed by atoms with E-state index in [9.17, 15) is 14.4 Å². The molecule has 1 rings (SSSR count). The molecule has 6 nitrogen and oxygen atoms in total. The minimum Gasteiger partial charge on any atom is -0.465 e. The summed E-state index contributed by atoms with van der Waals surface area (Å²) in [5.41, 5.74) is 0.869. The summed E-state index contributed by atoms with van der Waals surface area (Å²) in [6.45, 7) is 3.77. The van der Waals surface area contributed by atoms with Crippen LogP contribution in [0.25, 0.3) is 0 Å². The van der Waals surface area contributed by atoms with Gasteiger partial charge in [-0.2, -0.15) is 0 Å². The van der Waals surface area contributed by atoms with Crippen LogP contribution in [0.1, 0.15) is 32.3 Å². The number of rotatable bonds is 9. The van der Waals surface area contributed by atoms with Gasteiger partial charge in [-0.1, -0.05) is 30.3 Å². The lowest BCUT2D eigenvalue weighted by molar-refractivity contribution is -0.162. The number of hydrogen-bond donors (Lipinski definition) is 0. The van der Waals surface area contributed by atoms with Gasteiger partial charge in [-0.05, 0) is 25.8 Å². The van der Waals surface area contributed by atoms with Gasteiger partial charge in [-0.3, -0.25) is 14.4 Å². The van der Waals surface area contributed by atoms with E-state index < -0.39 is 23.8 Å². The molecule has 1 aromatic carbocycles. The van der Waals surface area contributed by atoms with Crippen molar-refractivity contribution in [3.63, 3.8) is 0 Å². The predicted octanol–water partition coefficient (Wildman–Crippen LogP) is 2.25. The van der Waals surface area contributed by atoms with E-state index in [2.05, 4.69) is 0 Å². The Kier molecular flexibility index (Phi) is 8.42. The number of hydrogen-bond acceptors (Lipinski definition) is 6. The SMILES string of the molecule is CCOC(=O)C(CCC(=O)OCc1ccccc1)C(=O)OCC. The van der Waals surface area contributed by atoms with Crippen LogP contribution >= 0.6 is 0 Å². The summed E-state index contributed by atoms with van der Waals surface area (Å²) in [5, 5.41) is 0. The van der Waals surface area contributed by atoms with E-state index in [0.717, 1.165) is 5.56 Å². The lowest BCUT2D eigenvalue weighted by Crippen LogP contribution is -2.29. The highest BCUT2D eigenvalue weighted by Gasteiger charge is 2.30. The lowest BCUT2D eigenvalue weighted by Gasteiger charge is -2.14.